The lowest BCUT2D eigenvalue weighted by molar-refractivity contribution is -0.146. The van der Waals surface area contributed by atoms with E-state index in [1.54, 1.807) is 38.6 Å². The molecule has 8 nitrogen and oxygen atoms in total. The molecule has 3 fully saturated rings. The van der Waals surface area contributed by atoms with Crippen molar-refractivity contribution in [2.24, 2.45) is 17.8 Å². The minimum atomic E-state index is -0.822. The maximum atomic E-state index is 15.0. The van der Waals surface area contributed by atoms with Crippen LogP contribution in [0.2, 0.25) is 0 Å². The number of hydrogen-bond acceptors (Lipinski definition) is 6. The number of carbonyl (C=O) groups excluding carboxylic acids is 3. The monoisotopic (exact) mass is 658 g/mol. The van der Waals surface area contributed by atoms with Crippen LogP contribution in [0.4, 0.5) is 11.4 Å². The van der Waals surface area contributed by atoms with Gasteiger partial charge in [0.2, 0.25) is 11.8 Å². The Morgan fingerprint density at radius 3 is 2.21 bits per heavy atom. The van der Waals surface area contributed by atoms with E-state index in [-0.39, 0.29) is 42.0 Å². The predicted octanol–water partition coefficient (Wildman–Crippen LogP) is 5.37. The average Bonchev–Trinajstić information content (AvgIpc) is 3.72. The largest absolute Gasteiger partial charge is 0.394 e. The topological polar surface area (TPSA) is 84.4 Å². The minimum Gasteiger partial charge on any atom is -0.394 e. The lowest BCUT2D eigenvalue weighted by Gasteiger charge is -2.40. The molecule has 1 spiro atoms. The van der Waals surface area contributed by atoms with E-state index in [0.29, 0.717) is 19.5 Å². The molecule has 9 heteroatoms. The number of likely N-dealkylation sites (tertiary alicyclic amines) is 1. The summed E-state index contributed by atoms with van der Waals surface area (Å²) >= 11 is 1.66. The lowest BCUT2D eigenvalue weighted by Crippen LogP contribution is -2.58. The molecule has 3 amide bonds. The zero-order valence-electron chi connectivity index (χ0n) is 28.3. The summed E-state index contributed by atoms with van der Waals surface area (Å²) in [6.07, 6.45) is 4.85. The van der Waals surface area contributed by atoms with Gasteiger partial charge < -0.3 is 24.7 Å². The summed E-state index contributed by atoms with van der Waals surface area (Å²) in [6.45, 7) is 18.6. The van der Waals surface area contributed by atoms with E-state index in [9.17, 15) is 14.7 Å². The molecule has 47 heavy (non-hydrogen) atoms. The highest BCUT2D eigenvalue weighted by Gasteiger charge is 2.74. The van der Waals surface area contributed by atoms with Gasteiger partial charge in [0.25, 0.3) is 5.91 Å². The molecule has 2 aromatic carbocycles. The fraction of sp³-hybridized carbons (Fsp3) is 0.500. The van der Waals surface area contributed by atoms with Gasteiger partial charge >= 0.3 is 0 Å². The first-order valence-electron chi connectivity index (χ1n) is 17.0. The quantitative estimate of drug-likeness (QED) is 0.259. The molecule has 6 atom stereocenters. The van der Waals surface area contributed by atoms with E-state index in [0.717, 1.165) is 36.4 Å². The molecule has 0 saturated carbocycles. The highest BCUT2D eigenvalue weighted by Crippen LogP contribution is 2.67. The Labute approximate surface area is 284 Å². The van der Waals surface area contributed by atoms with E-state index in [2.05, 4.69) is 31.9 Å². The SMILES string of the molecule is C=CCN(Cc1ccccc1)C(=O)[C@@H]1[C@H]2C(=O)N([C@@H](CO)C(C)C)C(C(=O)N(CC=C)c3ccc(N(CC)CC)cc3)C23CC[C@H]1S3. The molecule has 3 heterocycles. The second-order valence-corrected chi connectivity index (χ2v) is 14.8. The molecule has 0 aromatic heterocycles. The third-order valence-electron chi connectivity index (χ3n) is 10.3. The van der Waals surface area contributed by atoms with Gasteiger partial charge in [-0.25, -0.2) is 0 Å². The Morgan fingerprint density at radius 1 is 1.00 bits per heavy atom. The maximum absolute atomic E-state index is 15.0. The van der Waals surface area contributed by atoms with Crippen LogP contribution in [0.25, 0.3) is 0 Å². The van der Waals surface area contributed by atoms with Crippen molar-refractivity contribution in [2.75, 3.05) is 42.6 Å². The zero-order valence-corrected chi connectivity index (χ0v) is 29.1. The summed E-state index contributed by atoms with van der Waals surface area (Å²) in [7, 11) is 0. The Hall–Kier alpha value is -3.56. The van der Waals surface area contributed by atoms with Gasteiger partial charge in [0.15, 0.2) is 0 Å². The number of amides is 3. The van der Waals surface area contributed by atoms with Crippen LogP contribution in [0.5, 0.6) is 0 Å². The zero-order chi connectivity index (χ0) is 33.9. The van der Waals surface area contributed by atoms with Crippen molar-refractivity contribution in [3.8, 4) is 0 Å². The number of nitrogens with zero attached hydrogens (tertiary/aromatic N) is 4. The fourth-order valence-corrected chi connectivity index (χ4v) is 10.3. The third-order valence-corrected chi connectivity index (χ3v) is 12.3. The van der Waals surface area contributed by atoms with Crippen LogP contribution >= 0.6 is 11.8 Å². The number of aliphatic hydroxyl groups is 1. The van der Waals surface area contributed by atoms with Crippen molar-refractivity contribution in [3.05, 3.63) is 85.5 Å². The molecule has 3 saturated heterocycles. The average molecular weight is 659 g/mol. The molecule has 2 aromatic rings. The van der Waals surface area contributed by atoms with Gasteiger partial charge in [0.05, 0.1) is 29.2 Å². The summed E-state index contributed by atoms with van der Waals surface area (Å²) in [5.41, 5.74) is 2.81. The predicted molar refractivity (Wildman–Crippen MR) is 191 cm³/mol. The number of thioether (sulfide) groups is 1. The molecule has 3 aliphatic heterocycles. The van der Waals surface area contributed by atoms with Crippen LogP contribution in [0.1, 0.15) is 46.1 Å². The molecule has 1 N–H and O–H groups in total. The van der Waals surface area contributed by atoms with Gasteiger partial charge in [-0.15, -0.1) is 24.9 Å². The van der Waals surface area contributed by atoms with Crippen LogP contribution in [0.15, 0.2) is 79.9 Å². The Morgan fingerprint density at radius 2 is 1.64 bits per heavy atom. The summed E-state index contributed by atoms with van der Waals surface area (Å²) in [4.78, 5) is 51.7. The summed E-state index contributed by atoms with van der Waals surface area (Å²) in [5.74, 6) is -1.76. The van der Waals surface area contributed by atoms with E-state index < -0.39 is 28.7 Å². The van der Waals surface area contributed by atoms with E-state index in [4.69, 9.17) is 0 Å². The highest BCUT2D eigenvalue weighted by molar-refractivity contribution is 8.02. The lowest BCUT2D eigenvalue weighted by atomic mass is 9.70. The van der Waals surface area contributed by atoms with Gasteiger partial charge in [-0.05, 0) is 62.4 Å². The Kier molecular flexibility index (Phi) is 10.9. The normalized spacial score (nSPS) is 25.1. The van der Waals surface area contributed by atoms with Crippen molar-refractivity contribution in [2.45, 2.75) is 69.2 Å². The van der Waals surface area contributed by atoms with E-state index in [1.165, 1.54) is 0 Å². The van der Waals surface area contributed by atoms with Crippen LogP contribution in [0, 0.1) is 17.8 Å². The van der Waals surface area contributed by atoms with Crippen molar-refractivity contribution in [1.82, 2.24) is 9.80 Å². The molecular formula is C38H50N4O4S. The summed E-state index contributed by atoms with van der Waals surface area (Å²) in [5, 5.41) is 10.6. The first-order valence-corrected chi connectivity index (χ1v) is 17.9. The molecular weight excluding hydrogens is 609 g/mol. The summed E-state index contributed by atoms with van der Waals surface area (Å²) in [6, 6.07) is 16.4. The van der Waals surface area contributed by atoms with Gasteiger partial charge in [-0.2, -0.15) is 0 Å². The Bertz CT molecular complexity index is 1450. The van der Waals surface area contributed by atoms with Crippen LogP contribution < -0.4 is 9.80 Å². The number of anilines is 2. The number of carbonyl (C=O) groups is 3. The van der Waals surface area contributed by atoms with Crippen LogP contribution in [-0.4, -0.2) is 87.5 Å². The van der Waals surface area contributed by atoms with E-state index >= 15 is 4.79 Å². The molecule has 2 unspecified atom stereocenters. The van der Waals surface area contributed by atoms with Gasteiger partial charge in [0.1, 0.15) is 6.04 Å². The van der Waals surface area contributed by atoms with Crippen molar-refractivity contribution >= 4 is 40.9 Å². The van der Waals surface area contributed by atoms with Crippen molar-refractivity contribution in [1.29, 1.82) is 0 Å². The first kappa shape index (κ1) is 34.8. The van der Waals surface area contributed by atoms with Gasteiger partial charge in [-0.3, -0.25) is 14.4 Å². The second kappa shape index (κ2) is 14.7. The first-order chi connectivity index (χ1) is 22.7. The third kappa shape index (κ3) is 6.24. The standard InChI is InChI=1S/C38H50N4O4S/c1-7-22-40(24-27-14-12-11-13-15-27)35(44)32-31-20-21-38(47-31)33(32)36(45)42(30(25-43)26(5)6)34(38)37(46)41(23-8-2)29-18-16-28(17-19-29)39(9-3)10-4/h7-8,11-19,26,30-34,43H,1-2,9-10,20-25H2,3-6H3/t30-,31+,32-,33-,34?,38?/m0/s1. The molecule has 5 rings (SSSR count). The number of rotatable bonds is 15. The number of benzene rings is 2. The number of fused-ring (bicyclic) bond motifs is 1. The van der Waals surface area contributed by atoms with Crippen molar-refractivity contribution < 1.29 is 19.5 Å². The van der Waals surface area contributed by atoms with Crippen molar-refractivity contribution in [3.63, 3.8) is 0 Å². The number of hydrogen-bond donors (Lipinski definition) is 1. The van der Waals surface area contributed by atoms with E-state index in [1.807, 2.05) is 68.4 Å². The molecule has 252 valence electrons. The second-order valence-electron chi connectivity index (χ2n) is 13.2. The van der Waals surface area contributed by atoms with Gasteiger partial charge in [0, 0.05) is 49.3 Å². The fourth-order valence-electron chi connectivity index (χ4n) is 8.06. The van der Waals surface area contributed by atoms with Gasteiger partial charge in [-0.1, -0.05) is 56.3 Å². The molecule has 0 aliphatic carbocycles. The maximum Gasteiger partial charge on any atom is 0.251 e. The Balaban J connectivity index is 1.55. The highest BCUT2D eigenvalue weighted by atomic mass is 32.2. The van der Waals surface area contributed by atoms with Crippen LogP contribution in [-0.2, 0) is 20.9 Å². The molecule has 2 bridgehead atoms. The minimum absolute atomic E-state index is 0.0650. The van der Waals surface area contributed by atoms with Crippen LogP contribution in [0.3, 0.4) is 0 Å². The smallest absolute Gasteiger partial charge is 0.251 e. The summed E-state index contributed by atoms with van der Waals surface area (Å²) < 4.78 is -0.769. The molecule has 3 aliphatic rings. The number of aliphatic hydroxyl groups excluding tert-OH is 1. The molecule has 0 radical (unpaired) electrons.